The van der Waals surface area contributed by atoms with Gasteiger partial charge in [-0.05, 0) is 35.9 Å². The first-order valence-electron chi connectivity index (χ1n) is 9.48. The van der Waals surface area contributed by atoms with Gasteiger partial charge < -0.3 is 15.0 Å². The number of carbonyl (C=O) groups is 1. The Morgan fingerprint density at radius 1 is 1.21 bits per heavy atom. The summed E-state index contributed by atoms with van der Waals surface area (Å²) in [6, 6.07) is 12.1. The van der Waals surface area contributed by atoms with Crippen LogP contribution in [0.4, 0.5) is 10.1 Å². The fourth-order valence-corrected chi connectivity index (χ4v) is 4.29. The van der Waals surface area contributed by atoms with E-state index in [2.05, 4.69) is 10.3 Å². The molecule has 29 heavy (non-hydrogen) atoms. The van der Waals surface area contributed by atoms with Crippen molar-refractivity contribution in [2.45, 2.75) is 6.54 Å². The minimum absolute atomic E-state index is 0.0683. The largest absolute Gasteiger partial charge is 0.497 e. The number of ether oxygens (including phenoxy) is 1. The maximum absolute atomic E-state index is 14.0. The van der Waals surface area contributed by atoms with Gasteiger partial charge in [0, 0.05) is 42.7 Å². The van der Waals surface area contributed by atoms with Gasteiger partial charge in [0.1, 0.15) is 11.6 Å². The number of methoxy groups -OCH3 is 1. The van der Waals surface area contributed by atoms with Crippen molar-refractivity contribution in [1.82, 2.24) is 9.88 Å². The van der Waals surface area contributed by atoms with Crippen LogP contribution >= 0.6 is 11.8 Å². The third-order valence-corrected chi connectivity index (χ3v) is 5.93. The van der Waals surface area contributed by atoms with E-state index in [9.17, 15) is 9.18 Å². The molecule has 2 heterocycles. The van der Waals surface area contributed by atoms with Crippen LogP contribution in [0.2, 0.25) is 0 Å². The number of carbonyl (C=O) groups excluding carboxylic acids is 1. The second kappa shape index (κ2) is 8.69. The van der Waals surface area contributed by atoms with Crippen LogP contribution in [-0.4, -0.2) is 47.5 Å². The molecule has 1 aliphatic heterocycles. The lowest BCUT2D eigenvalue weighted by atomic mass is 10.1. The van der Waals surface area contributed by atoms with Crippen molar-refractivity contribution in [2.75, 3.05) is 37.0 Å². The highest BCUT2D eigenvalue weighted by Gasteiger charge is 2.23. The topological polar surface area (TPSA) is 54.5 Å². The summed E-state index contributed by atoms with van der Waals surface area (Å²) in [6.45, 7) is 1.92. The highest BCUT2D eigenvalue weighted by atomic mass is 32.2. The Balaban J connectivity index is 1.69. The van der Waals surface area contributed by atoms with Crippen molar-refractivity contribution in [3.05, 3.63) is 65.6 Å². The van der Waals surface area contributed by atoms with E-state index in [4.69, 9.17) is 4.74 Å². The maximum atomic E-state index is 14.0. The summed E-state index contributed by atoms with van der Waals surface area (Å²) in [7, 11) is 1.63. The Hall–Kier alpha value is -2.80. The quantitative estimate of drug-likeness (QED) is 0.683. The number of anilines is 1. The third kappa shape index (κ3) is 4.29. The third-order valence-electron chi connectivity index (χ3n) is 4.99. The van der Waals surface area contributed by atoms with Crippen molar-refractivity contribution in [3.63, 3.8) is 0 Å². The summed E-state index contributed by atoms with van der Waals surface area (Å²) in [6.07, 6.45) is 1.60. The first kappa shape index (κ1) is 19.5. The van der Waals surface area contributed by atoms with E-state index in [1.54, 1.807) is 19.4 Å². The van der Waals surface area contributed by atoms with Gasteiger partial charge in [0.25, 0.3) is 5.91 Å². The molecule has 0 bridgehead atoms. The summed E-state index contributed by atoms with van der Waals surface area (Å²) >= 11 is 1.85. The van der Waals surface area contributed by atoms with Gasteiger partial charge >= 0.3 is 0 Å². The zero-order valence-corrected chi connectivity index (χ0v) is 17.0. The number of nitrogens with one attached hydrogen (secondary N) is 1. The molecular weight excluding hydrogens is 389 g/mol. The standard InChI is InChI=1S/C22H22FN3O2S/c1-28-17-5-2-15(3-6-17)13-25-21-18-12-16(23)4-7-20(18)24-14-19(21)22(27)26-8-10-29-11-9-26/h2-7,12,14H,8-11,13H2,1H3,(H,24,25). The number of aromatic nitrogens is 1. The lowest BCUT2D eigenvalue weighted by Gasteiger charge is -2.27. The number of amides is 1. The molecule has 150 valence electrons. The van der Waals surface area contributed by atoms with Crippen LogP contribution in [0.1, 0.15) is 15.9 Å². The molecule has 4 rings (SSSR count). The van der Waals surface area contributed by atoms with E-state index < -0.39 is 0 Å². The zero-order valence-electron chi connectivity index (χ0n) is 16.2. The molecule has 1 fully saturated rings. The molecule has 1 saturated heterocycles. The van der Waals surface area contributed by atoms with Crippen LogP contribution in [0.15, 0.2) is 48.7 Å². The van der Waals surface area contributed by atoms with Gasteiger partial charge in [-0.1, -0.05) is 12.1 Å². The highest BCUT2D eigenvalue weighted by molar-refractivity contribution is 7.99. The van der Waals surface area contributed by atoms with Crippen LogP contribution in [-0.2, 0) is 6.54 Å². The van der Waals surface area contributed by atoms with Crippen molar-refractivity contribution < 1.29 is 13.9 Å². The van der Waals surface area contributed by atoms with E-state index in [0.29, 0.717) is 41.8 Å². The zero-order chi connectivity index (χ0) is 20.2. The molecule has 0 spiro atoms. The molecule has 0 radical (unpaired) electrons. The minimum Gasteiger partial charge on any atom is -0.497 e. The van der Waals surface area contributed by atoms with E-state index in [-0.39, 0.29) is 11.7 Å². The maximum Gasteiger partial charge on any atom is 0.257 e. The highest BCUT2D eigenvalue weighted by Crippen LogP contribution is 2.29. The minimum atomic E-state index is -0.356. The van der Waals surface area contributed by atoms with Crippen molar-refractivity contribution >= 4 is 34.3 Å². The average Bonchev–Trinajstić information content (AvgIpc) is 2.77. The van der Waals surface area contributed by atoms with Crippen LogP contribution in [0, 0.1) is 5.82 Å². The summed E-state index contributed by atoms with van der Waals surface area (Å²) in [5.74, 6) is 2.21. The Morgan fingerprint density at radius 2 is 1.97 bits per heavy atom. The number of pyridine rings is 1. The average molecular weight is 412 g/mol. The first-order chi connectivity index (χ1) is 14.2. The summed E-state index contributed by atoms with van der Waals surface area (Å²) in [5.41, 5.74) is 2.77. The SMILES string of the molecule is COc1ccc(CNc2c(C(=O)N3CCSCC3)cnc3ccc(F)cc23)cc1. The smallest absolute Gasteiger partial charge is 0.257 e. The number of benzene rings is 2. The molecule has 7 heteroatoms. The molecule has 5 nitrogen and oxygen atoms in total. The number of nitrogens with zero attached hydrogens (tertiary/aromatic N) is 2. The monoisotopic (exact) mass is 411 g/mol. The predicted molar refractivity (Wildman–Crippen MR) is 115 cm³/mol. The fraction of sp³-hybridized carbons (Fsp3) is 0.273. The van der Waals surface area contributed by atoms with Crippen LogP contribution in [0.25, 0.3) is 10.9 Å². The number of rotatable bonds is 5. The van der Waals surface area contributed by atoms with Gasteiger partial charge in [-0.15, -0.1) is 0 Å². The summed E-state index contributed by atoms with van der Waals surface area (Å²) < 4.78 is 19.2. The van der Waals surface area contributed by atoms with E-state index in [0.717, 1.165) is 22.8 Å². The Bertz CT molecular complexity index is 1020. The molecular formula is C22H22FN3O2S. The van der Waals surface area contributed by atoms with Gasteiger partial charge in [0.15, 0.2) is 0 Å². The van der Waals surface area contributed by atoms with Gasteiger partial charge in [0.2, 0.25) is 0 Å². The number of thioether (sulfide) groups is 1. The molecule has 1 N–H and O–H groups in total. The Kier molecular flexibility index (Phi) is 5.85. The van der Waals surface area contributed by atoms with Crippen LogP contribution < -0.4 is 10.1 Å². The second-order valence-corrected chi connectivity index (χ2v) is 8.04. The van der Waals surface area contributed by atoms with Gasteiger partial charge in [-0.3, -0.25) is 9.78 Å². The molecule has 0 aliphatic carbocycles. The second-order valence-electron chi connectivity index (χ2n) is 6.81. The van der Waals surface area contributed by atoms with Crippen LogP contribution in [0.3, 0.4) is 0 Å². The normalized spacial score (nSPS) is 14.1. The van der Waals surface area contributed by atoms with E-state index >= 15 is 0 Å². The predicted octanol–water partition coefficient (Wildman–Crippen LogP) is 4.18. The number of hydrogen-bond donors (Lipinski definition) is 1. The van der Waals surface area contributed by atoms with Gasteiger partial charge in [-0.25, -0.2) is 4.39 Å². The van der Waals surface area contributed by atoms with E-state index in [1.165, 1.54) is 12.1 Å². The Morgan fingerprint density at radius 3 is 2.69 bits per heavy atom. The number of fused-ring (bicyclic) bond motifs is 1. The van der Waals surface area contributed by atoms with Crippen molar-refractivity contribution in [2.24, 2.45) is 0 Å². The Labute approximate surface area is 173 Å². The molecule has 1 aliphatic rings. The molecule has 2 aromatic carbocycles. The van der Waals surface area contributed by atoms with Crippen molar-refractivity contribution in [3.8, 4) is 5.75 Å². The molecule has 3 aromatic rings. The molecule has 1 aromatic heterocycles. The number of hydrogen-bond acceptors (Lipinski definition) is 5. The molecule has 0 saturated carbocycles. The fourth-order valence-electron chi connectivity index (χ4n) is 3.39. The van der Waals surface area contributed by atoms with Crippen molar-refractivity contribution in [1.29, 1.82) is 0 Å². The summed E-state index contributed by atoms with van der Waals surface area (Å²) in [4.78, 5) is 19.4. The first-order valence-corrected chi connectivity index (χ1v) is 10.6. The molecule has 1 amide bonds. The molecule has 0 atom stereocenters. The lowest BCUT2D eigenvalue weighted by Crippen LogP contribution is -2.38. The lowest BCUT2D eigenvalue weighted by molar-refractivity contribution is 0.0773. The van der Waals surface area contributed by atoms with Gasteiger partial charge in [0.05, 0.1) is 23.9 Å². The van der Waals surface area contributed by atoms with E-state index in [1.807, 2.05) is 40.9 Å². The number of halogens is 1. The van der Waals surface area contributed by atoms with Crippen LogP contribution in [0.5, 0.6) is 5.75 Å². The molecule has 0 unspecified atom stereocenters. The summed E-state index contributed by atoms with van der Waals surface area (Å²) in [5, 5.41) is 3.96. The van der Waals surface area contributed by atoms with Gasteiger partial charge in [-0.2, -0.15) is 11.8 Å².